The number of carbonyl (C=O) groups is 1. The van der Waals surface area contributed by atoms with Gasteiger partial charge in [-0.3, -0.25) is 10.1 Å². The molecule has 24 heavy (non-hydrogen) atoms. The Labute approximate surface area is 144 Å². The molecule has 9 heteroatoms. The maximum Gasteiger partial charge on any atom is 0.270 e. The molecule has 0 bridgehead atoms. The molecular formula is C15H18N4O3S2. The number of hydrogen-bond donors (Lipinski definition) is 2. The van der Waals surface area contributed by atoms with Crippen molar-refractivity contribution in [3.63, 3.8) is 0 Å². The Kier molecular flexibility index (Phi) is 5.22. The van der Waals surface area contributed by atoms with E-state index >= 15 is 0 Å². The number of nitrogens with zero attached hydrogens (tertiary/aromatic N) is 2. The highest BCUT2D eigenvalue weighted by molar-refractivity contribution is 7.91. The number of aromatic nitrogens is 2. The highest BCUT2D eigenvalue weighted by atomic mass is 32.2. The molecule has 1 aliphatic carbocycles. The van der Waals surface area contributed by atoms with Crippen LogP contribution in [0.3, 0.4) is 0 Å². The largest absolute Gasteiger partial charge is 0.296 e. The fourth-order valence-electron chi connectivity index (χ4n) is 2.62. The Bertz CT molecular complexity index is 799. The molecule has 1 aromatic carbocycles. The van der Waals surface area contributed by atoms with E-state index in [1.165, 1.54) is 0 Å². The van der Waals surface area contributed by atoms with E-state index in [4.69, 9.17) is 0 Å². The molecule has 1 heterocycles. The van der Waals surface area contributed by atoms with Crippen LogP contribution in [0.25, 0.3) is 0 Å². The number of benzene rings is 1. The number of nitrogens with one attached hydrogen (secondary N) is 2. The average Bonchev–Trinajstić information content (AvgIpc) is 3.06. The first-order valence-electron chi connectivity index (χ1n) is 7.77. The Hall–Kier alpha value is -1.84. The normalized spacial score (nSPS) is 16.0. The quantitative estimate of drug-likeness (QED) is 0.791. The summed E-state index contributed by atoms with van der Waals surface area (Å²) in [5, 5.41) is 10.2. The Balaban J connectivity index is 1.67. The summed E-state index contributed by atoms with van der Waals surface area (Å²) >= 11 is 0.847. The molecule has 1 amide bonds. The van der Waals surface area contributed by atoms with Gasteiger partial charge < -0.3 is 0 Å². The fourth-order valence-corrected chi connectivity index (χ4v) is 4.83. The van der Waals surface area contributed by atoms with Crippen LogP contribution in [0.5, 0.6) is 0 Å². The number of rotatable bonds is 5. The van der Waals surface area contributed by atoms with Crippen LogP contribution < -0.4 is 10.0 Å². The van der Waals surface area contributed by atoms with Gasteiger partial charge in [0.25, 0.3) is 15.9 Å². The second kappa shape index (κ2) is 7.37. The van der Waals surface area contributed by atoms with Crippen LogP contribution >= 0.6 is 11.3 Å². The summed E-state index contributed by atoms with van der Waals surface area (Å²) in [6.45, 7) is 0. The average molecular weight is 366 g/mol. The minimum Gasteiger partial charge on any atom is -0.296 e. The third-order valence-corrected chi connectivity index (χ3v) is 6.55. The van der Waals surface area contributed by atoms with Crippen LogP contribution in [0.2, 0.25) is 0 Å². The number of carbonyl (C=O) groups excluding carboxylic acids is 1. The van der Waals surface area contributed by atoms with Gasteiger partial charge in [-0.05, 0) is 25.0 Å². The molecule has 1 aliphatic rings. The number of hydrogen-bond acceptors (Lipinski definition) is 6. The molecule has 2 aromatic rings. The molecule has 0 spiro atoms. The second-order valence-corrected chi connectivity index (χ2v) is 8.51. The number of sulfonamides is 1. The maximum atomic E-state index is 12.4. The SMILES string of the molecule is O=C(Nc1nnc(S(=O)(=O)NC2CCCCC2)s1)c1ccccc1. The minimum absolute atomic E-state index is 0.0463. The van der Waals surface area contributed by atoms with Crippen LogP contribution in [0.4, 0.5) is 5.13 Å². The minimum atomic E-state index is -3.70. The lowest BCUT2D eigenvalue weighted by molar-refractivity contribution is 0.102. The van der Waals surface area contributed by atoms with Gasteiger partial charge >= 0.3 is 0 Å². The smallest absolute Gasteiger partial charge is 0.270 e. The molecule has 0 unspecified atom stereocenters. The Morgan fingerprint density at radius 3 is 2.50 bits per heavy atom. The van der Waals surface area contributed by atoms with E-state index in [9.17, 15) is 13.2 Å². The topological polar surface area (TPSA) is 101 Å². The van der Waals surface area contributed by atoms with E-state index in [1.54, 1.807) is 24.3 Å². The first-order chi connectivity index (χ1) is 11.5. The maximum absolute atomic E-state index is 12.4. The number of anilines is 1. The lowest BCUT2D eigenvalue weighted by Crippen LogP contribution is -2.36. The molecule has 3 rings (SSSR count). The third kappa shape index (κ3) is 4.16. The van der Waals surface area contributed by atoms with Gasteiger partial charge in [0, 0.05) is 11.6 Å². The van der Waals surface area contributed by atoms with Gasteiger partial charge in [0.1, 0.15) is 0 Å². The van der Waals surface area contributed by atoms with E-state index in [0.717, 1.165) is 43.4 Å². The van der Waals surface area contributed by atoms with Crippen LogP contribution in [-0.4, -0.2) is 30.6 Å². The van der Waals surface area contributed by atoms with E-state index < -0.39 is 10.0 Å². The standard InChI is InChI=1S/C15H18N4O3S2/c20-13(11-7-3-1-4-8-11)16-14-17-18-15(23-14)24(21,22)19-12-9-5-2-6-10-12/h1,3-4,7-8,12,19H,2,5-6,9-10H2,(H,16,17,20). The van der Waals surface area contributed by atoms with E-state index in [-0.39, 0.29) is 21.4 Å². The highest BCUT2D eigenvalue weighted by Crippen LogP contribution is 2.23. The molecule has 1 fully saturated rings. The molecular weight excluding hydrogens is 348 g/mol. The first-order valence-corrected chi connectivity index (χ1v) is 10.1. The van der Waals surface area contributed by atoms with Gasteiger partial charge in [0.05, 0.1) is 0 Å². The summed E-state index contributed by atoms with van der Waals surface area (Å²) in [6, 6.07) is 8.59. The summed E-state index contributed by atoms with van der Waals surface area (Å²) in [6.07, 6.45) is 4.89. The zero-order valence-corrected chi connectivity index (χ0v) is 14.6. The van der Waals surface area contributed by atoms with Gasteiger partial charge in [-0.15, -0.1) is 10.2 Å². The summed E-state index contributed by atoms with van der Waals surface area (Å²) in [7, 11) is -3.70. The fraction of sp³-hybridized carbons (Fsp3) is 0.400. The summed E-state index contributed by atoms with van der Waals surface area (Å²) < 4.78 is 27.3. The molecule has 1 saturated carbocycles. The summed E-state index contributed by atoms with van der Waals surface area (Å²) in [4.78, 5) is 12.1. The lowest BCUT2D eigenvalue weighted by atomic mass is 9.96. The molecule has 0 aliphatic heterocycles. The molecule has 1 aromatic heterocycles. The molecule has 7 nitrogen and oxygen atoms in total. The van der Waals surface area contributed by atoms with Gasteiger partial charge in [-0.2, -0.15) is 0 Å². The van der Waals surface area contributed by atoms with Crippen LogP contribution in [0.1, 0.15) is 42.5 Å². The predicted octanol–water partition coefficient (Wildman–Crippen LogP) is 2.40. The molecule has 0 radical (unpaired) electrons. The van der Waals surface area contributed by atoms with Crippen molar-refractivity contribution in [3.05, 3.63) is 35.9 Å². The second-order valence-electron chi connectivity index (χ2n) is 5.65. The van der Waals surface area contributed by atoms with Crippen molar-refractivity contribution in [1.29, 1.82) is 0 Å². The van der Waals surface area contributed by atoms with Crippen molar-refractivity contribution >= 4 is 32.4 Å². The van der Waals surface area contributed by atoms with Crippen LogP contribution in [-0.2, 0) is 10.0 Å². The monoisotopic (exact) mass is 366 g/mol. The van der Waals surface area contributed by atoms with Crippen molar-refractivity contribution in [3.8, 4) is 0 Å². The van der Waals surface area contributed by atoms with Crippen LogP contribution in [0.15, 0.2) is 34.7 Å². The molecule has 0 saturated heterocycles. The van der Waals surface area contributed by atoms with E-state index in [2.05, 4.69) is 20.2 Å². The van der Waals surface area contributed by atoms with Crippen molar-refractivity contribution in [1.82, 2.24) is 14.9 Å². The van der Waals surface area contributed by atoms with Crippen molar-refractivity contribution in [2.24, 2.45) is 0 Å². The predicted molar refractivity (Wildman–Crippen MR) is 91.5 cm³/mol. The van der Waals surface area contributed by atoms with Crippen molar-refractivity contribution < 1.29 is 13.2 Å². The first kappa shape index (κ1) is 17.0. The van der Waals surface area contributed by atoms with Crippen molar-refractivity contribution in [2.45, 2.75) is 42.5 Å². The summed E-state index contributed by atoms with van der Waals surface area (Å²) in [5.41, 5.74) is 0.470. The molecule has 2 N–H and O–H groups in total. The van der Waals surface area contributed by atoms with E-state index in [0.29, 0.717) is 5.56 Å². The molecule has 0 atom stereocenters. The zero-order valence-electron chi connectivity index (χ0n) is 12.9. The Morgan fingerprint density at radius 1 is 1.08 bits per heavy atom. The van der Waals surface area contributed by atoms with E-state index in [1.807, 2.05) is 6.07 Å². The van der Waals surface area contributed by atoms with Crippen molar-refractivity contribution in [2.75, 3.05) is 5.32 Å². The zero-order chi connectivity index (χ0) is 17.0. The highest BCUT2D eigenvalue weighted by Gasteiger charge is 2.25. The van der Waals surface area contributed by atoms with Crippen LogP contribution in [0, 0.1) is 0 Å². The van der Waals surface area contributed by atoms with Gasteiger partial charge in [-0.25, -0.2) is 13.1 Å². The molecule has 128 valence electrons. The number of amides is 1. The Morgan fingerprint density at radius 2 is 1.79 bits per heavy atom. The third-order valence-electron chi connectivity index (χ3n) is 3.82. The summed E-state index contributed by atoms with van der Waals surface area (Å²) in [5.74, 6) is -0.351. The van der Waals surface area contributed by atoms with Gasteiger partial charge in [0.15, 0.2) is 0 Å². The van der Waals surface area contributed by atoms with Gasteiger partial charge in [-0.1, -0.05) is 48.8 Å². The van der Waals surface area contributed by atoms with Gasteiger partial charge in [0.2, 0.25) is 9.47 Å². The lowest BCUT2D eigenvalue weighted by Gasteiger charge is -2.21.